The van der Waals surface area contributed by atoms with Crippen molar-refractivity contribution in [2.45, 2.75) is 6.36 Å². The molecule has 2 heterocycles. The first-order valence-electron chi connectivity index (χ1n) is 6.33. The minimum absolute atomic E-state index is 0.257. The largest absolute Gasteiger partial charge is 0.573 e. The minimum atomic E-state index is -4.69. The standard InChI is InChI=1S/C15H8BrF3N2OS/c16-11-5-10(6-20-7-11)14-21-13(8-23-14)9-1-3-12(4-2-9)22-15(17,18)19/h1-8H. The topological polar surface area (TPSA) is 35.0 Å². The molecule has 0 atom stereocenters. The number of aromatic nitrogens is 2. The lowest BCUT2D eigenvalue weighted by molar-refractivity contribution is -0.274. The average molecular weight is 401 g/mol. The molecule has 0 unspecified atom stereocenters. The molecule has 23 heavy (non-hydrogen) atoms. The summed E-state index contributed by atoms with van der Waals surface area (Å²) in [5, 5.41) is 2.62. The van der Waals surface area contributed by atoms with E-state index in [0.29, 0.717) is 11.3 Å². The van der Waals surface area contributed by atoms with Crippen LogP contribution in [0.25, 0.3) is 21.8 Å². The van der Waals surface area contributed by atoms with Gasteiger partial charge in [0.2, 0.25) is 0 Å². The van der Waals surface area contributed by atoms with Gasteiger partial charge in [0.05, 0.1) is 5.69 Å². The molecule has 2 aromatic heterocycles. The molecule has 118 valence electrons. The first-order chi connectivity index (χ1) is 10.9. The van der Waals surface area contributed by atoms with Gasteiger partial charge >= 0.3 is 6.36 Å². The second kappa shape index (κ2) is 6.29. The molecule has 0 aliphatic heterocycles. The van der Waals surface area contributed by atoms with Crippen molar-refractivity contribution in [1.29, 1.82) is 0 Å². The summed E-state index contributed by atoms with van der Waals surface area (Å²) >= 11 is 4.79. The number of hydrogen-bond acceptors (Lipinski definition) is 4. The third kappa shape index (κ3) is 4.08. The van der Waals surface area contributed by atoms with Gasteiger partial charge in [0.25, 0.3) is 0 Å². The van der Waals surface area contributed by atoms with Gasteiger partial charge in [-0.25, -0.2) is 4.98 Å². The Hall–Kier alpha value is -1.93. The van der Waals surface area contributed by atoms with Crippen molar-refractivity contribution >= 4 is 27.3 Å². The Morgan fingerprint density at radius 2 is 1.78 bits per heavy atom. The summed E-state index contributed by atoms with van der Waals surface area (Å²) in [7, 11) is 0. The van der Waals surface area contributed by atoms with Crippen molar-refractivity contribution in [2.75, 3.05) is 0 Å². The van der Waals surface area contributed by atoms with Gasteiger partial charge in [0, 0.05) is 33.4 Å². The molecule has 3 rings (SSSR count). The average Bonchev–Trinajstić information content (AvgIpc) is 2.96. The van der Waals surface area contributed by atoms with Gasteiger partial charge in [0.15, 0.2) is 0 Å². The van der Waals surface area contributed by atoms with Crippen LogP contribution in [0.3, 0.4) is 0 Å². The maximum absolute atomic E-state index is 12.1. The number of thiazole rings is 1. The number of nitrogens with zero attached hydrogens (tertiary/aromatic N) is 2. The van der Waals surface area contributed by atoms with Gasteiger partial charge in [-0.2, -0.15) is 0 Å². The van der Waals surface area contributed by atoms with Crippen molar-refractivity contribution in [3.05, 3.63) is 52.6 Å². The van der Waals surface area contributed by atoms with E-state index in [-0.39, 0.29) is 5.75 Å². The second-order valence-corrected chi connectivity index (χ2v) is 6.28. The number of benzene rings is 1. The van der Waals surface area contributed by atoms with Crippen LogP contribution < -0.4 is 4.74 Å². The van der Waals surface area contributed by atoms with E-state index in [1.807, 2.05) is 11.4 Å². The van der Waals surface area contributed by atoms with E-state index in [9.17, 15) is 13.2 Å². The van der Waals surface area contributed by atoms with E-state index >= 15 is 0 Å². The number of alkyl halides is 3. The number of halogens is 4. The Morgan fingerprint density at radius 3 is 2.43 bits per heavy atom. The van der Waals surface area contributed by atoms with E-state index in [2.05, 4.69) is 30.6 Å². The van der Waals surface area contributed by atoms with Crippen molar-refractivity contribution < 1.29 is 17.9 Å². The molecule has 3 nitrogen and oxygen atoms in total. The Morgan fingerprint density at radius 1 is 1.04 bits per heavy atom. The Bertz CT molecular complexity index is 818. The Kier molecular flexibility index (Phi) is 4.36. The van der Waals surface area contributed by atoms with Gasteiger partial charge < -0.3 is 4.74 Å². The second-order valence-electron chi connectivity index (χ2n) is 4.50. The lowest BCUT2D eigenvalue weighted by Crippen LogP contribution is -2.16. The SMILES string of the molecule is FC(F)(F)Oc1ccc(-c2csc(-c3cncc(Br)c3)n2)cc1. The summed E-state index contributed by atoms with van der Waals surface area (Å²) in [6, 6.07) is 7.51. The van der Waals surface area contributed by atoms with Gasteiger partial charge in [-0.15, -0.1) is 24.5 Å². The molecule has 0 aliphatic rings. The summed E-state index contributed by atoms with van der Waals surface area (Å²) < 4.78 is 41.1. The van der Waals surface area contributed by atoms with Crippen molar-refractivity contribution in [2.24, 2.45) is 0 Å². The minimum Gasteiger partial charge on any atom is -0.406 e. The molecule has 0 saturated carbocycles. The Labute approximate surface area is 141 Å². The maximum atomic E-state index is 12.1. The number of pyridine rings is 1. The number of rotatable bonds is 3. The highest BCUT2D eigenvalue weighted by molar-refractivity contribution is 9.10. The first-order valence-corrected chi connectivity index (χ1v) is 8.01. The van der Waals surface area contributed by atoms with Crippen LogP contribution in [-0.2, 0) is 0 Å². The zero-order valence-corrected chi connectivity index (χ0v) is 13.7. The zero-order chi connectivity index (χ0) is 16.4. The van der Waals surface area contributed by atoms with Crippen LogP contribution in [0.2, 0.25) is 0 Å². The smallest absolute Gasteiger partial charge is 0.406 e. The molecule has 0 bridgehead atoms. The third-order valence-corrected chi connectivity index (χ3v) is 4.16. The molecule has 0 N–H and O–H groups in total. The maximum Gasteiger partial charge on any atom is 0.573 e. The highest BCUT2D eigenvalue weighted by Crippen LogP contribution is 2.31. The van der Waals surface area contributed by atoms with E-state index in [0.717, 1.165) is 15.0 Å². The fourth-order valence-corrected chi connectivity index (χ4v) is 3.07. The van der Waals surface area contributed by atoms with Crippen molar-refractivity contribution in [3.63, 3.8) is 0 Å². The van der Waals surface area contributed by atoms with Crippen molar-refractivity contribution in [3.8, 4) is 27.6 Å². The number of ether oxygens (including phenoxy) is 1. The van der Waals surface area contributed by atoms with Crippen LogP contribution >= 0.6 is 27.3 Å². The van der Waals surface area contributed by atoms with Crippen LogP contribution in [-0.4, -0.2) is 16.3 Å². The Balaban J connectivity index is 1.83. The van der Waals surface area contributed by atoms with Gasteiger partial charge in [-0.1, -0.05) is 0 Å². The van der Waals surface area contributed by atoms with E-state index in [1.165, 1.54) is 23.5 Å². The van der Waals surface area contributed by atoms with Gasteiger partial charge in [-0.05, 0) is 46.3 Å². The van der Waals surface area contributed by atoms with Crippen molar-refractivity contribution in [1.82, 2.24) is 9.97 Å². The normalized spacial score (nSPS) is 11.5. The molecule has 0 radical (unpaired) electrons. The van der Waals surface area contributed by atoms with E-state index in [4.69, 9.17) is 0 Å². The quantitative estimate of drug-likeness (QED) is 0.579. The molecular formula is C15H8BrF3N2OS. The molecule has 0 spiro atoms. The zero-order valence-electron chi connectivity index (χ0n) is 11.3. The summed E-state index contributed by atoms with van der Waals surface area (Å²) in [6.07, 6.45) is -1.31. The molecule has 0 aliphatic carbocycles. The first kappa shape index (κ1) is 15.9. The summed E-state index contributed by atoms with van der Waals surface area (Å²) in [4.78, 5) is 8.58. The predicted octanol–water partition coefficient (Wildman–Crippen LogP) is 5.53. The van der Waals surface area contributed by atoms with Gasteiger partial charge in [0.1, 0.15) is 10.8 Å². The summed E-state index contributed by atoms with van der Waals surface area (Å²) in [6.45, 7) is 0. The van der Waals surface area contributed by atoms with Crippen LogP contribution in [0.5, 0.6) is 5.75 Å². The fraction of sp³-hybridized carbons (Fsp3) is 0.0667. The summed E-state index contributed by atoms with van der Waals surface area (Å²) in [5.74, 6) is -0.257. The van der Waals surface area contributed by atoms with E-state index < -0.39 is 6.36 Å². The molecule has 3 aromatic rings. The number of hydrogen-bond donors (Lipinski definition) is 0. The lowest BCUT2D eigenvalue weighted by atomic mass is 10.2. The van der Waals surface area contributed by atoms with Crippen LogP contribution in [0, 0.1) is 0 Å². The highest BCUT2D eigenvalue weighted by Gasteiger charge is 2.30. The van der Waals surface area contributed by atoms with Gasteiger partial charge in [-0.3, -0.25) is 4.98 Å². The molecule has 0 saturated heterocycles. The predicted molar refractivity (Wildman–Crippen MR) is 85.2 cm³/mol. The van der Waals surface area contributed by atoms with Crippen LogP contribution in [0.4, 0.5) is 13.2 Å². The van der Waals surface area contributed by atoms with Crippen LogP contribution in [0.15, 0.2) is 52.6 Å². The monoisotopic (exact) mass is 400 g/mol. The molecule has 8 heteroatoms. The summed E-state index contributed by atoms with van der Waals surface area (Å²) in [5.41, 5.74) is 2.26. The molecule has 0 fully saturated rings. The molecule has 0 amide bonds. The molecule has 1 aromatic carbocycles. The third-order valence-electron chi connectivity index (χ3n) is 2.84. The highest BCUT2D eigenvalue weighted by atomic mass is 79.9. The van der Waals surface area contributed by atoms with E-state index in [1.54, 1.807) is 24.5 Å². The van der Waals surface area contributed by atoms with Crippen LogP contribution in [0.1, 0.15) is 0 Å². The lowest BCUT2D eigenvalue weighted by Gasteiger charge is -2.08. The molecular weight excluding hydrogens is 393 g/mol. The fourth-order valence-electron chi connectivity index (χ4n) is 1.90.